The molecular formula is C4F6O4S. The predicted octanol–water partition coefficient (Wildman–Crippen LogP) is 1.61. The summed E-state index contributed by atoms with van der Waals surface area (Å²) in [4.78, 5) is 0. The lowest BCUT2D eigenvalue weighted by molar-refractivity contribution is -0.277. The molecule has 1 heterocycles. The lowest BCUT2D eigenvalue weighted by Gasteiger charge is -2.17. The van der Waals surface area contributed by atoms with E-state index in [2.05, 4.69) is 8.37 Å². The topological polar surface area (TPSA) is 52.6 Å². The molecular weight excluding hydrogens is 258 g/mol. The summed E-state index contributed by atoms with van der Waals surface area (Å²) in [5, 5.41) is 0. The molecule has 4 nitrogen and oxygen atoms in total. The molecule has 15 heavy (non-hydrogen) atoms. The van der Waals surface area contributed by atoms with Gasteiger partial charge in [0.2, 0.25) is 5.83 Å². The first kappa shape index (κ1) is 12.3. The van der Waals surface area contributed by atoms with Gasteiger partial charge >= 0.3 is 28.4 Å². The van der Waals surface area contributed by atoms with E-state index in [4.69, 9.17) is 0 Å². The molecule has 1 unspecified atom stereocenters. The Kier molecular flexibility index (Phi) is 2.52. The smallest absolute Gasteiger partial charge is 0.199 e. The summed E-state index contributed by atoms with van der Waals surface area (Å²) >= 11 is 0. The van der Waals surface area contributed by atoms with Gasteiger partial charge < -0.3 is 0 Å². The fourth-order valence-corrected chi connectivity index (χ4v) is 1.52. The van der Waals surface area contributed by atoms with Crippen LogP contribution in [-0.2, 0) is 18.8 Å². The highest BCUT2D eigenvalue weighted by molar-refractivity contribution is 7.82. The normalized spacial score (nSPS) is 32.7. The highest BCUT2D eigenvalue weighted by Gasteiger charge is 2.73. The molecule has 0 spiro atoms. The zero-order valence-corrected chi connectivity index (χ0v) is 7.13. The molecule has 0 saturated carbocycles. The molecule has 1 fully saturated rings. The van der Waals surface area contributed by atoms with Crippen molar-refractivity contribution in [1.82, 2.24) is 0 Å². The zero-order valence-electron chi connectivity index (χ0n) is 6.31. The van der Waals surface area contributed by atoms with Crippen LogP contribution in [-0.4, -0.2) is 20.4 Å². The quantitative estimate of drug-likeness (QED) is 0.670. The Morgan fingerprint density at radius 1 is 1.00 bits per heavy atom. The molecule has 0 bridgehead atoms. The summed E-state index contributed by atoms with van der Waals surface area (Å²) in [6.07, 6.45) is -8.89. The highest BCUT2D eigenvalue weighted by Crippen LogP contribution is 2.49. The fraction of sp³-hybridized carbons (Fsp3) is 0.500. The van der Waals surface area contributed by atoms with Gasteiger partial charge in [0.05, 0.1) is 0 Å². The van der Waals surface area contributed by atoms with Crippen LogP contribution < -0.4 is 0 Å². The summed E-state index contributed by atoms with van der Waals surface area (Å²) in [6, 6.07) is 0. The monoisotopic (exact) mass is 258 g/mol. The summed E-state index contributed by atoms with van der Waals surface area (Å²) in [5.74, 6) is -8.54. The van der Waals surface area contributed by atoms with E-state index in [9.17, 15) is 34.8 Å². The first-order valence-corrected chi connectivity index (χ1v) is 4.29. The van der Waals surface area contributed by atoms with Crippen molar-refractivity contribution in [2.45, 2.75) is 12.0 Å². The highest BCUT2D eigenvalue weighted by atomic mass is 32.3. The lowest BCUT2D eigenvalue weighted by Crippen LogP contribution is -2.42. The Labute approximate surface area is 78.4 Å². The van der Waals surface area contributed by atoms with Crippen LogP contribution in [0.3, 0.4) is 0 Å². The Bertz CT molecular complexity index is 411. The molecule has 0 N–H and O–H groups in total. The Morgan fingerprint density at radius 2 is 1.47 bits per heavy atom. The summed E-state index contributed by atoms with van der Waals surface area (Å²) in [7, 11) is -5.57. The third kappa shape index (κ3) is 1.81. The van der Waals surface area contributed by atoms with Gasteiger partial charge in [0, 0.05) is 0 Å². The van der Waals surface area contributed by atoms with Gasteiger partial charge in [-0.15, -0.1) is 0 Å². The van der Waals surface area contributed by atoms with Crippen molar-refractivity contribution in [2.75, 3.05) is 0 Å². The van der Waals surface area contributed by atoms with Crippen LogP contribution >= 0.6 is 0 Å². The second-order valence-electron chi connectivity index (χ2n) is 2.26. The Morgan fingerprint density at radius 3 is 1.73 bits per heavy atom. The van der Waals surface area contributed by atoms with Gasteiger partial charge in [-0.05, 0) is 0 Å². The number of hydrogen-bond donors (Lipinski definition) is 0. The Balaban J connectivity index is 3.33. The van der Waals surface area contributed by atoms with E-state index in [-0.39, 0.29) is 0 Å². The average Bonchev–Trinajstić information content (AvgIpc) is 2.14. The van der Waals surface area contributed by atoms with E-state index in [1.165, 1.54) is 0 Å². The van der Waals surface area contributed by atoms with Crippen molar-refractivity contribution in [3.05, 3.63) is 11.9 Å². The molecule has 1 rings (SSSR count). The van der Waals surface area contributed by atoms with E-state index in [1.54, 1.807) is 0 Å². The van der Waals surface area contributed by atoms with Crippen molar-refractivity contribution in [1.29, 1.82) is 0 Å². The van der Waals surface area contributed by atoms with Gasteiger partial charge in [0.15, 0.2) is 0 Å². The first-order valence-electron chi connectivity index (χ1n) is 2.96. The number of alkyl halides is 3. The fourth-order valence-electron chi connectivity index (χ4n) is 0.674. The molecule has 1 saturated heterocycles. The van der Waals surface area contributed by atoms with Gasteiger partial charge in [0.25, 0.3) is 0 Å². The second-order valence-corrected chi connectivity index (χ2v) is 3.41. The Hall–Kier alpha value is -0.810. The molecule has 1 aliphatic heterocycles. The van der Waals surface area contributed by atoms with Crippen molar-refractivity contribution >= 4 is 10.4 Å². The maximum atomic E-state index is 12.8. The molecule has 0 amide bonds. The molecule has 0 aromatic rings. The van der Waals surface area contributed by atoms with Crippen LogP contribution in [0.4, 0.5) is 26.3 Å². The van der Waals surface area contributed by atoms with E-state index in [1.807, 2.05) is 0 Å². The molecule has 0 aromatic carbocycles. The number of halogens is 6. The molecule has 0 aromatic heterocycles. The van der Waals surface area contributed by atoms with Gasteiger partial charge in [-0.2, -0.15) is 43.1 Å². The van der Waals surface area contributed by atoms with E-state index in [0.717, 1.165) is 0 Å². The molecule has 0 radical (unpaired) electrons. The molecule has 1 atom stereocenters. The van der Waals surface area contributed by atoms with E-state index in [0.29, 0.717) is 0 Å². The SMILES string of the molecule is O=S1(=O)OC(F)(F)C(F)(C(F)=C(F)F)O1. The van der Waals surface area contributed by atoms with Crippen LogP contribution in [0.2, 0.25) is 0 Å². The number of hydrogen-bond acceptors (Lipinski definition) is 4. The van der Waals surface area contributed by atoms with Crippen molar-refractivity contribution in [3.8, 4) is 0 Å². The molecule has 11 heteroatoms. The van der Waals surface area contributed by atoms with Crippen LogP contribution in [0.25, 0.3) is 0 Å². The maximum Gasteiger partial charge on any atom is 0.438 e. The van der Waals surface area contributed by atoms with Gasteiger partial charge in [-0.25, -0.2) is 0 Å². The van der Waals surface area contributed by atoms with Crippen molar-refractivity contribution in [3.63, 3.8) is 0 Å². The van der Waals surface area contributed by atoms with E-state index < -0.39 is 34.3 Å². The first-order chi connectivity index (χ1) is 6.52. The summed E-state index contributed by atoms with van der Waals surface area (Å²) in [5.41, 5.74) is 0. The minimum atomic E-state index is -5.57. The maximum absolute atomic E-state index is 12.8. The summed E-state index contributed by atoms with van der Waals surface area (Å²) < 4.78 is 98.8. The molecule has 0 aliphatic carbocycles. The lowest BCUT2D eigenvalue weighted by atomic mass is 10.2. The van der Waals surface area contributed by atoms with Crippen LogP contribution in [0, 0.1) is 0 Å². The third-order valence-corrected chi connectivity index (χ3v) is 2.09. The largest absolute Gasteiger partial charge is 0.438 e. The minimum absolute atomic E-state index is 2.66. The van der Waals surface area contributed by atoms with Crippen LogP contribution in [0.1, 0.15) is 0 Å². The predicted molar refractivity (Wildman–Crippen MR) is 30.2 cm³/mol. The van der Waals surface area contributed by atoms with Gasteiger partial charge in [-0.1, -0.05) is 0 Å². The van der Waals surface area contributed by atoms with E-state index >= 15 is 0 Å². The molecule has 88 valence electrons. The average molecular weight is 258 g/mol. The van der Waals surface area contributed by atoms with Crippen LogP contribution in [0.5, 0.6) is 0 Å². The standard InChI is InChI=1S/C4F6O4S/c5-1(2(6)7)3(8)4(9,10)14-15(11,12)13-3. The second kappa shape index (κ2) is 3.09. The molecule has 1 aliphatic rings. The minimum Gasteiger partial charge on any atom is -0.199 e. The van der Waals surface area contributed by atoms with Crippen molar-refractivity contribution in [2.24, 2.45) is 0 Å². The van der Waals surface area contributed by atoms with Crippen LogP contribution in [0.15, 0.2) is 11.9 Å². The number of rotatable bonds is 1. The summed E-state index contributed by atoms with van der Waals surface area (Å²) in [6.45, 7) is 0. The van der Waals surface area contributed by atoms with Crippen molar-refractivity contribution < 1.29 is 43.1 Å². The van der Waals surface area contributed by atoms with Gasteiger partial charge in [0.1, 0.15) is 0 Å². The third-order valence-electron chi connectivity index (χ3n) is 1.25. The van der Waals surface area contributed by atoms with Gasteiger partial charge in [-0.3, -0.25) is 0 Å². The zero-order chi connectivity index (χ0) is 12.1.